The van der Waals surface area contributed by atoms with Crippen molar-refractivity contribution in [1.82, 2.24) is 15.0 Å². The van der Waals surface area contributed by atoms with Gasteiger partial charge in [-0.3, -0.25) is 4.79 Å². The number of likely N-dealkylation sites (tertiary alicyclic amines) is 1. The van der Waals surface area contributed by atoms with E-state index in [1.165, 1.54) is 0 Å². The van der Waals surface area contributed by atoms with Crippen LogP contribution in [0.25, 0.3) is 11.4 Å². The molecule has 3 rings (SSSR count). The summed E-state index contributed by atoms with van der Waals surface area (Å²) in [6.45, 7) is 2.12. The lowest BCUT2D eigenvalue weighted by atomic mass is 9.90. The third kappa shape index (κ3) is 3.86. The van der Waals surface area contributed by atoms with Gasteiger partial charge in [-0.1, -0.05) is 17.3 Å². The minimum Gasteiger partial charge on any atom is -0.496 e. The first-order chi connectivity index (χ1) is 12.4. The molecule has 2 heterocycles. The van der Waals surface area contributed by atoms with Gasteiger partial charge in [0.25, 0.3) is 0 Å². The highest BCUT2D eigenvalue weighted by atomic mass is 16.5. The number of hydrogen-bond donors (Lipinski definition) is 2. The third-order valence-electron chi connectivity index (χ3n) is 4.72. The van der Waals surface area contributed by atoms with Crippen molar-refractivity contribution >= 4 is 5.91 Å². The average molecular weight is 361 g/mol. The van der Waals surface area contributed by atoms with Crippen LogP contribution in [-0.2, 0) is 11.2 Å². The zero-order valence-electron chi connectivity index (χ0n) is 14.9. The predicted octanol–water partition coefficient (Wildman–Crippen LogP) is 1.02. The van der Waals surface area contributed by atoms with Crippen LogP contribution in [0.4, 0.5) is 0 Å². The van der Waals surface area contributed by atoms with Crippen molar-refractivity contribution in [3.8, 4) is 17.1 Å². The monoisotopic (exact) mass is 361 g/mol. The van der Waals surface area contributed by atoms with E-state index >= 15 is 0 Å². The molecule has 1 amide bonds. The molecule has 1 aliphatic heterocycles. The Morgan fingerprint density at radius 2 is 2.23 bits per heavy atom. The zero-order valence-corrected chi connectivity index (χ0v) is 14.9. The molecule has 0 radical (unpaired) electrons. The molecule has 8 nitrogen and oxygen atoms in total. The van der Waals surface area contributed by atoms with Gasteiger partial charge in [-0.15, -0.1) is 0 Å². The van der Waals surface area contributed by atoms with E-state index in [1.54, 1.807) is 18.9 Å². The highest BCUT2D eigenvalue weighted by Gasteiger charge is 2.37. The molecule has 26 heavy (non-hydrogen) atoms. The number of amides is 1. The fraction of sp³-hybridized carbons (Fsp3) is 0.500. The lowest BCUT2D eigenvalue weighted by Gasteiger charge is -2.39. The summed E-state index contributed by atoms with van der Waals surface area (Å²) in [4.78, 5) is 18.2. The average Bonchev–Trinajstić information content (AvgIpc) is 3.10. The van der Waals surface area contributed by atoms with Gasteiger partial charge < -0.3 is 24.4 Å². The van der Waals surface area contributed by atoms with Crippen molar-refractivity contribution in [2.75, 3.05) is 20.2 Å². The quantitative estimate of drug-likeness (QED) is 0.818. The highest BCUT2D eigenvalue weighted by Crippen LogP contribution is 2.27. The van der Waals surface area contributed by atoms with Gasteiger partial charge in [-0.2, -0.15) is 4.98 Å². The SMILES string of the molecule is COc1ccccc1-c1noc(CCC(=O)N2CC[C@](C)(O)[C@H](O)C2)n1. The summed E-state index contributed by atoms with van der Waals surface area (Å²) in [5.41, 5.74) is -0.426. The smallest absolute Gasteiger partial charge is 0.227 e. The molecule has 1 aromatic heterocycles. The van der Waals surface area contributed by atoms with Crippen LogP contribution >= 0.6 is 0 Å². The van der Waals surface area contributed by atoms with Gasteiger partial charge in [0, 0.05) is 25.9 Å². The van der Waals surface area contributed by atoms with Gasteiger partial charge in [0.15, 0.2) is 0 Å². The minimum absolute atomic E-state index is 0.114. The molecule has 2 aromatic rings. The molecule has 0 unspecified atom stereocenters. The number of ether oxygens (including phenoxy) is 1. The lowest BCUT2D eigenvalue weighted by Crippen LogP contribution is -2.55. The summed E-state index contributed by atoms with van der Waals surface area (Å²) < 4.78 is 10.5. The predicted molar refractivity (Wildman–Crippen MR) is 92.4 cm³/mol. The number of piperidine rings is 1. The number of benzene rings is 1. The van der Waals surface area contributed by atoms with E-state index in [0.29, 0.717) is 36.9 Å². The summed E-state index contributed by atoms with van der Waals surface area (Å²) >= 11 is 0. The van der Waals surface area contributed by atoms with Gasteiger partial charge in [0.2, 0.25) is 17.6 Å². The number of aromatic nitrogens is 2. The molecule has 0 saturated carbocycles. The Labute approximate surface area is 151 Å². The number of carbonyl (C=O) groups is 1. The van der Waals surface area contributed by atoms with Crippen LogP contribution in [-0.4, -0.2) is 63.1 Å². The van der Waals surface area contributed by atoms with Gasteiger partial charge in [-0.05, 0) is 25.5 Å². The second kappa shape index (κ2) is 7.43. The number of para-hydroxylation sites is 1. The minimum atomic E-state index is -1.15. The summed E-state index contributed by atoms with van der Waals surface area (Å²) in [5.74, 6) is 1.31. The van der Waals surface area contributed by atoms with Crippen molar-refractivity contribution in [2.24, 2.45) is 0 Å². The second-order valence-electron chi connectivity index (χ2n) is 6.67. The van der Waals surface area contributed by atoms with Gasteiger partial charge in [0.1, 0.15) is 5.75 Å². The fourth-order valence-electron chi connectivity index (χ4n) is 2.92. The van der Waals surface area contributed by atoms with Crippen LogP contribution in [0.15, 0.2) is 28.8 Å². The molecule has 0 spiro atoms. The van der Waals surface area contributed by atoms with Crippen molar-refractivity contribution in [1.29, 1.82) is 0 Å². The maximum atomic E-state index is 12.3. The molecule has 1 fully saturated rings. The molecule has 1 saturated heterocycles. The first-order valence-corrected chi connectivity index (χ1v) is 8.55. The lowest BCUT2D eigenvalue weighted by molar-refractivity contribution is -0.146. The second-order valence-corrected chi connectivity index (χ2v) is 6.67. The number of carbonyl (C=O) groups excluding carboxylic acids is 1. The molecule has 140 valence electrons. The van der Waals surface area contributed by atoms with E-state index < -0.39 is 11.7 Å². The number of aliphatic hydroxyl groups is 2. The molecule has 0 bridgehead atoms. The number of hydrogen-bond acceptors (Lipinski definition) is 7. The Kier molecular flexibility index (Phi) is 5.24. The van der Waals surface area contributed by atoms with Crippen LogP contribution in [0.3, 0.4) is 0 Å². The van der Waals surface area contributed by atoms with Gasteiger partial charge >= 0.3 is 0 Å². The number of nitrogens with zero attached hydrogens (tertiary/aromatic N) is 3. The Morgan fingerprint density at radius 1 is 1.46 bits per heavy atom. The van der Waals surface area contributed by atoms with Crippen molar-refractivity contribution in [2.45, 2.75) is 37.9 Å². The first-order valence-electron chi connectivity index (χ1n) is 8.55. The number of β-amino-alcohol motifs (C(OH)–C–C–N with tert-alkyl or cyclic N) is 1. The largest absolute Gasteiger partial charge is 0.496 e. The topological polar surface area (TPSA) is 109 Å². The molecule has 2 atom stereocenters. The Bertz CT molecular complexity index is 774. The van der Waals surface area contributed by atoms with Crippen LogP contribution < -0.4 is 4.74 Å². The number of aliphatic hydroxyl groups excluding tert-OH is 1. The normalized spacial score (nSPS) is 23.1. The summed E-state index contributed by atoms with van der Waals surface area (Å²) in [7, 11) is 1.57. The first kappa shape index (κ1) is 18.3. The van der Waals surface area contributed by atoms with Gasteiger partial charge in [-0.25, -0.2) is 0 Å². The van der Waals surface area contributed by atoms with E-state index in [2.05, 4.69) is 10.1 Å². The summed E-state index contributed by atoms with van der Waals surface area (Å²) in [5, 5.41) is 23.8. The molecular formula is C18H23N3O5. The van der Waals surface area contributed by atoms with E-state index in [-0.39, 0.29) is 18.9 Å². The summed E-state index contributed by atoms with van der Waals surface area (Å²) in [6.07, 6.45) is -0.0918. The molecule has 2 N–H and O–H groups in total. The van der Waals surface area contributed by atoms with Crippen LogP contribution in [0.1, 0.15) is 25.7 Å². The molecule has 1 aliphatic rings. The Morgan fingerprint density at radius 3 is 2.96 bits per heavy atom. The van der Waals surface area contributed by atoms with Crippen LogP contribution in [0.5, 0.6) is 5.75 Å². The van der Waals surface area contributed by atoms with Crippen molar-refractivity contribution in [3.63, 3.8) is 0 Å². The number of aryl methyl sites for hydroxylation is 1. The van der Waals surface area contributed by atoms with Crippen LogP contribution in [0, 0.1) is 0 Å². The van der Waals surface area contributed by atoms with Gasteiger partial charge in [0.05, 0.1) is 24.4 Å². The number of rotatable bonds is 5. The van der Waals surface area contributed by atoms with E-state index in [0.717, 1.165) is 5.56 Å². The third-order valence-corrected chi connectivity index (χ3v) is 4.72. The van der Waals surface area contributed by atoms with Crippen molar-refractivity contribution in [3.05, 3.63) is 30.2 Å². The molecule has 1 aromatic carbocycles. The fourth-order valence-corrected chi connectivity index (χ4v) is 2.92. The van der Waals surface area contributed by atoms with E-state index in [9.17, 15) is 15.0 Å². The van der Waals surface area contributed by atoms with E-state index in [1.807, 2.05) is 24.3 Å². The maximum Gasteiger partial charge on any atom is 0.227 e. The highest BCUT2D eigenvalue weighted by molar-refractivity contribution is 5.76. The van der Waals surface area contributed by atoms with E-state index in [4.69, 9.17) is 9.26 Å². The Hall–Kier alpha value is -2.45. The molecule has 8 heteroatoms. The number of methoxy groups -OCH3 is 1. The maximum absolute atomic E-state index is 12.3. The zero-order chi connectivity index (χ0) is 18.7. The molecule has 0 aliphatic carbocycles. The standard InChI is InChI=1S/C18H23N3O5/c1-18(24)9-10-21(11-14(18)22)16(23)8-7-15-19-17(20-26-15)12-5-3-4-6-13(12)25-2/h3-6,14,22,24H,7-11H2,1-2H3/t14-,18+/m1/s1. The van der Waals surface area contributed by atoms with Crippen molar-refractivity contribution < 1.29 is 24.3 Å². The molecular weight excluding hydrogens is 338 g/mol. The Balaban J connectivity index is 1.59. The van der Waals surface area contributed by atoms with Crippen LogP contribution in [0.2, 0.25) is 0 Å². The summed E-state index contributed by atoms with van der Waals surface area (Å²) in [6, 6.07) is 7.35.